The van der Waals surface area contributed by atoms with Gasteiger partial charge in [-0.2, -0.15) is 0 Å². The molecule has 0 heterocycles. The molecule has 1 radical (unpaired) electrons. The Labute approximate surface area is 103 Å². The minimum atomic E-state index is -0.599. The van der Waals surface area contributed by atoms with Crippen LogP contribution >= 0.6 is 0 Å². The zero-order chi connectivity index (χ0) is 9.56. The molecule has 0 amide bonds. The maximum atomic E-state index is 11.0. The molecule has 0 aliphatic carbocycles. The topological polar surface area (TPSA) is 52.6 Å². The van der Waals surface area contributed by atoms with E-state index in [-0.39, 0.29) is 45.2 Å². The standard InChI is InChI=1S/C8H13O4.Y/c1-6(2)7(11-3)8(10)12-5-4-9;/h6-7H,5H2,1-3H3;/q-1;. The molecule has 0 saturated heterocycles. The van der Waals surface area contributed by atoms with Gasteiger partial charge in [-0.15, -0.1) is 0 Å². The third-order valence-corrected chi connectivity index (χ3v) is 1.37. The molecular weight excluding hydrogens is 249 g/mol. The van der Waals surface area contributed by atoms with E-state index in [1.165, 1.54) is 13.4 Å². The van der Waals surface area contributed by atoms with Crippen LogP contribution in [-0.2, 0) is 51.8 Å². The van der Waals surface area contributed by atoms with Crippen LogP contribution in [0, 0.1) is 5.92 Å². The van der Waals surface area contributed by atoms with Crippen LogP contribution in [-0.4, -0.2) is 32.1 Å². The van der Waals surface area contributed by atoms with E-state index in [0.717, 1.165) is 0 Å². The van der Waals surface area contributed by atoms with Crippen molar-refractivity contribution < 1.29 is 51.8 Å². The Morgan fingerprint density at radius 1 is 1.46 bits per heavy atom. The molecule has 4 nitrogen and oxygen atoms in total. The van der Waals surface area contributed by atoms with Gasteiger partial charge in [-0.25, -0.2) is 11.1 Å². The van der Waals surface area contributed by atoms with Crippen molar-refractivity contribution in [2.75, 3.05) is 13.7 Å². The van der Waals surface area contributed by atoms with Gasteiger partial charge in [-0.3, -0.25) is 0 Å². The molecule has 0 aliphatic heterocycles. The van der Waals surface area contributed by atoms with Gasteiger partial charge >= 0.3 is 5.97 Å². The van der Waals surface area contributed by atoms with Gasteiger partial charge in [0.05, 0.1) is 0 Å². The van der Waals surface area contributed by atoms with Crippen LogP contribution < -0.4 is 0 Å². The van der Waals surface area contributed by atoms with Crippen LogP contribution in [0.2, 0.25) is 0 Å². The van der Waals surface area contributed by atoms with Gasteiger partial charge in [-0.1, -0.05) is 13.8 Å². The van der Waals surface area contributed by atoms with Crippen molar-refractivity contribution in [3.05, 3.63) is 0 Å². The first kappa shape index (κ1) is 15.7. The molecule has 0 aromatic rings. The Balaban J connectivity index is 0. The molecule has 0 aliphatic rings. The van der Waals surface area contributed by atoms with Gasteiger partial charge in [0.1, 0.15) is 0 Å². The molecule has 1 unspecified atom stereocenters. The quantitative estimate of drug-likeness (QED) is 0.528. The molecule has 0 fully saturated rings. The van der Waals surface area contributed by atoms with Crippen molar-refractivity contribution in [1.82, 2.24) is 0 Å². The molecule has 5 heteroatoms. The van der Waals surface area contributed by atoms with Gasteiger partial charge in [0.25, 0.3) is 0 Å². The number of carbonyl (C=O) groups excluding carboxylic acids is 2. The molecule has 0 spiro atoms. The number of esters is 1. The van der Waals surface area contributed by atoms with Crippen molar-refractivity contribution in [2.24, 2.45) is 5.92 Å². The molecule has 73 valence electrons. The van der Waals surface area contributed by atoms with E-state index in [2.05, 4.69) is 4.74 Å². The monoisotopic (exact) mass is 262 g/mol. The molecule has 0 bridgehead atoms. The Hall–Kier alpha value is 0.204. The summed E-state index contributed by atoms with van der Waals surface area (Å²) in [5.74, 6) is -0.481. The summed E-state index contributed by atoms with van der Waals surface area (Å²) in [6.07, 6.45) is 0.869. The first-order valence-corrected chi connectivity index (χ1v) is 3.68. The Bertz CT molecular complexity index is 158. The fourth-order valence-corrected chi connectivity index (χ4v) is 0.823. The molecule has 0 N–H and O–H groups in total. The number of hydrogen-bond donors (Lipinski definition) is 0. The summed E-state index contributed by atoms with van der Waals surface area (Å²) in [4.78, 5) is 20.8. The molecule has 1 atom stereocenters. The largest absolute Gasteiger partial charge is 0.539 e. The minimum Gasteiger partial charge on any atom is -0.539 e. The van der Waals surface area contributed by atoms with Crippen LogP contribution in [0.4, 0.5) is 0 Å². The average Bonchev–Trinajstić information content (AvgIpc) is 2.01. The number of ether oxygens (including phenoxy) is 2. The van der Waals surface area contributed by atoms with E-state index in [9.17, 15) is 9.59 Å². The SMILES string of the molecule is COC(C(=O)OC[C-]=O)C(C)C.[Y]. The number of methoxy groups -OCH3 is 1. The molecule has 0 saturated carbocycles. The first-order valence-electron chi connectivity index (χ1n) is 3.68. The summed E-state index contributed by atoms with van der Waals surface area (Å²) in [5.41, 5.74) is 0. The first-order chi connectivity index (χ1) is 5.63. The number of carbonyl (C=O) groups is 1. The predicted molar refractivity (Wildman–Crippen MR) is 42.3 cm³/mol. The minimum absolute atomic E-state index is 0. The normalized spacial score (nSPS) is 11.7. The van der Waals surface area contributed by atoms with Gasteiger partial charge < -0.3 is 14.3 Å². The zero-order valence-electron chi connectivity index (χ0n) is 8.07. The summed E-state index contributed by atoms with van der Waals surface area (Å²) in [5, 5.41) is 0. The number of hydrogen-bond acceptors (Lipinski definition) is 4. The van der Waals surface area contributed by atoms with Crippen LogP contribution in [0.3, 0.4) is 0 Å². The maximum Gasteiger partial charge on any atom is 0.333 e. The molecule has 0 aromatic heterocycles. The molecule has 13 heavy (non-hydrogen) atoms. The summed E-state index contributed by atoms with van der Waals surface area (Å²) in [6.45, 7) is 3.34. The number of rotatable bonds is 5. The van der Waals surface area contributed by atoms with E-state index in [4.69, 9.17) is 4.74 Å². The summed E-state index contributed by atoms with van der Waals surface area (Å²) in [6, 6.07) is 0. The predicted octanol–water partition coefficient (Wildman–Crippen LogP) is 0.308. The van der Waals surface area contributed by atoms with Gasteiger partial charge in [0.2, 0.25) is 0 Å². The Morgan fingerprint density at radius 2 is 2.00 bits per heavy atom. The summed E-state index contributed by atoms with van der Waals surface area (Å²) < 4.78 is 9.38. The van der Waals surface area contributed by atoms with E-state index < -0.39 is 12.1 Å². The second-order valence-electron chi connectivity index (χ2n) is 2.65. The van der Waals surface area contributed by atoms with E-state index in [1.54, 1.807) is 0 Å². The van der Waals surface area contributed by atoms with Gasteiger partial charge in [-0.05, 0) is 12.5 Å². The third kappa shape index (κ3) is 6.30. The Morgan fingerprint density at radius 3 is 2.31 bits per heavy atom. The molecule has 0 aromatic carbocycles. The van der Waals surface area contributed by atoms with Crippen molar-refractivity contribution in [1.29, 1.82) is 0 Å². The van der Waals surface area contributed by atoms with Crippen molar-refractivity contribution >= 4 is 12.3 Å². The second-order valence-corrected chi connectivity index (χ2v) is 2.65. The van der Waals surface area contributed by atoms with Crippen molar-refractivity contribution in [3.8, 4) is 0 Å². The smallest absolute Gasteiger partial charge is 0.333 e. The van der Waals surface area contributed by atoms with Crippen molar-refractivity contribution in [3.63, 3.8) is 0 Å². The van der Waals surface area contributed by atoms with Crippen LogP contribution in [0.5, 0.6) is 0 Å². The van der Waals surface area contributed by atoms with Gasteiger partial charge in [0.15, 0.2) is 6.10 Å². The van der Waals surface area contributed by atoms with Crippen molar-refractivity contribution in [2.45, 2.75) is 20.0 Å². The van der Waals surface area contributed by atoms with E-state index in [0.29, 0.717) is 0 Å². The van der Waals surface area contributed by atoms with Crippen LogP contribution in [0.15, 0.2) is 0 Å². The van der Waals surface area contributed by atoms with Gasteiger partial charge in [0, 0.05) is 39.8 Å². The van der Waals surface area contributed by atoms with Crippen LogP contribution in [0.1, 0.15) is 13.8 Å². The molecule has 0 rings (SSSR count). The van der Waals surface area contributed by atoms with E-state index in [1.807, 2.05) is 13.8 Å². The fourth-order valence-electron chi connectivity index (χ4n) is 0.823. The Kier molecular flexibility index (Phi) is 10.6. The zero-order valence-corrected chi connectivity index (χ0v) is 10.9. The van der Waals surface area contributed by atoms with Crippen LogP contribution in [0.25, 0.3) is 0 Å². The summed E-state index contributed by atoms with van der Waals surface area (Å²) in [7, 11) is 1.43. The average molecular weight is 262 g/mol. The maximum absolute atomic E-state index is 11.0. The molecular formula is C8H13O4Y-. The fraction of sp³-hybridized carbons (Fsp3) is 0.750. The van der Waals surface area contributed by atoms with E-state index >= 15 is 0 Å². The third-order valence-electron chi connectivity index (χ3n) is 1.37. The second kappa shape index (κ2) is 8.79. The summed E-state index contributed by atoms with van der Waals surface area (Å²) >= 11 is 0.